The standard InChI is InChI=1S/C21H32N2O2/c1-4-19(21(25)22-18-12-7-6-8-13-18)23(20(24)5-2)15-17-11-9-10-16(3)14-17/h9-11,14,18-19H,4-8,12-13,15H2,1-3H3,(H,22,25). The van der Waals surface area contributed by atoms with Gasteiger partial charge in [0.25, 0.3) is 0 Å². The number of nitrogens with zero attached hydrogens (tertiary/aromatic N) is 1. The first-order valence-corrected chi connectivity index (χ1v) is 9.70. The van der Waals surface area contributed by atoms with Crippen molar-refractivity contribution in [2.45, 2.75) is 84.3 Å². The predicted octanol–water partition coefficient (Wildman–Crippen LogP) is 3.96. The van der Waals surface area contributed by atoms with Crippen LogP contribution in [0.25, 0.3) is 0 Å². The summed E-state index contributed by atoms with van der Waals surface area (Å²) in [6.07, 6.45) is 6.79. The Morgan fingerprint density at radius 3 is 2.52 bits per heavy atom. The van der Waals surface area contributed by atoms with Gasteiger partial charge in [0.05, 0.1) is 0 Å². The molecule has 4 nitrogen and oxygen atoms in total. The van der Waals surface area contributed by atoms with Crippen molar-refractivity contribution in [1.29, 1.82) is 0 Å². The quantitative estimate of drug-likeness (QED) is 0.814. The predicted molar refractivity (Wildman–Crippen MR) is 101 cm³/mol. The molecule has 1 unspecified atom stereocenters. The highest BCUT2D eigenvalue weighted by Crippen LogP contribution is 2.19. The highest BCUT2D eigenvalue weighted by molar-refractivity contribution is 5.87. The van der Waals surface area contributed by atoms with Crippen molar-refractivity contribution in [2.75, 3.05) is 0 Å². The second-order valence-electron chi connectivity index (χ2n) is 7.13. The highest BCUT2D eigenvalue weighted by Gasteiger charge is 2.29. The normalized spacial score (nSPS) is 16.3. The molecule has 0 saturated heterocycles. The van der Waals surface area contributed by atoms with Crippen LogP contribution < -0.4 is 5.32 Å². The highest BCUT2D eigenvalue weighted by atomic mass is 16.2. The van der Waals surface area contributed by atoms with Gasteiger partial charge in [0.1, 0.15) is 6.04 Å². The average molecular weight is 344 g/mol. The molecule has 1 aromatic rings. The van der Waals surface area contributed by atoms with E-state index in [1.54, 1.807) is 4.90 Å². The van der Waals surface area contributed by atoms with Crippen molar-refractivity contribution >= 4 is 11.8 Å². The monoisotopic (exact) mass is 344 g/mol. The average Bonchev–Trinajstić information content (AvgIpc) is 2.61. The summed E-state index contributed by atoms with van der Waals surface area (Å²) < 4.78 is 0. The van der Waals surface area contributed by atoms with Crippen LogP contribution in [-0.4, -0.2) is 28.8 Å². The van der Waals surface area contributed by atoms with E-state index >= 15 is 0 Å². The van der Waals surface area contributed by atoms with Gasteiger partial charge < -0.3 is 10.2 Å². The number of carbonyl (C=O) groups excluding carboxylic acids is 2. The maximum atomic E-state index is 12.9. The van der Waals surface area contributed by atoms with Gasteiger partial charge in [-0.15, -0.1) is 0 Å². The molecule has 0 aromatic heterocycles. The third kappa shape index (κ3) is 5.58. The van der Waals surface area contributed by atoms with Gasteiger partial charge in [-0.3, -0.25) is 9.59 Å². The molecule has 1 atom stereocenters. The molecule has 0 spiro atoms. The molecule has 138 valence electrons. The Morgan fingerprint density at radius 2 is 1.92 bits per heavy atom. The number of aryl methyl sites for hydroxylation is 1. The summed E-state index contributed by atoms with van der Waals surface area (Å²) in [4.78, 5) is 27.2. The molecule has 25 heavy (non-hydrogen) atoms. The third-order valence-electron chi connectivity index (χ3n) is 5.08. The number of carbonyl (C=O) groups is 2. The number of amides is 2. The minimum absolute atomic E-state index is 0.00357. The van der Waals surface area contributed by atoms with Gasteiger partial charge in [-0.25, -0.2) is 0 Å². The lowest BCUT2D eigenvalue weighted by atomic mass is 9.95. The van der Waals surface area contributed by atoms with E-state index < -0.39 is 6.04 Å². The number of hydrogen-bond donors (Lipinski definition) is 1. The van der Waals surface area contributed by atoms with Gasteiger partial charge >= 0.3 is 0 Å². The van der Waals surface area contributed by atoms with Crippen LogP contribution >= 0.6 is 0 Å². The molecule has 0 radical (unpaired) electrons. The van der Waals surface area contributed by atoms with E-state index in [9.17, 15) is 9.59 Å². The Balaban J connectivity index is 2.12. The van der Waals surface area contributed by atoms with Crippen LogP contribution in [0, 0.1) is 6.92 Å². The lowest BCUT2D eigenvalue weighted by Crippen LogP contribution is -2.51. The number of hydrogen-bond acceptors (Lipinski definition) is 2. The molecule has 1 aromatic carbocycles. The maximum Gasteiger partial charge on any atom is 0.243 e. The Morgan fingerprint density at radius 1 is 1.20 bits per heavy atom. The lowest BCUT2D eigenvalue weighted by Gasteiger charge is -2.32. The third-order valence-corrected chi connectivity index (χ3v) is 5.08. The molecular formula is C21H32N2O2. The first-order valence-electron chi connectivity index (χ1n) is 9.70. The molecule has 1 saturated carbocycles. The molecular weight excluding hydrogens is 312 g/mol. The molecule has 1 N–H and O–H groups in total. The molecule has 0 bridgehead atoms. The molecule has 0 heterocycles. The van der Waals surface area contributed by atoms with Crippen LogP contribution in [0.15, 0.2) is 24.3 Å². The Kier molecular flexibility index (Phi) is 7.48. The van der Waals surface area contributed by atoms with Crippen LogP contribution in [0.4, 0.5) is 0 Å². The summed E-state index contributed by atoms with van der Waals surface area (Å²) in [6.45, 7) is 6.38. The van der Waals surface area contributed by atoms with Gasteiger partial charge in [0, 0.05) is 19.0 Å². The van der Waals surface area contributed by atoms with Crippen LogP contribution in [-0.2, 0) is 16.1 Å². The molecule has 2 rings (SSSR count). The second-order valence-corrected chi connectivity index (χ2v) is 7.13. The Labute approximate surface area is 152 Å². The molecule has 1 aliphatic carbocycles. The summed E-state index contributed by atoms with van der Waals surface area (Å²) in [5.41, 5.74) is 2.24. The number of benzene rings is 1. The summed E-state index contributed by atoms with van der Waals surface area (Å²) >= 11 is 0. The molecule has 1 aliphatic rings. The van der Waals surface area contributed by atoms with E-state index in [2.05, 4.69) is 11.4 Å². The van der Waals surface area contributed by atoms with Crippen molar-refractivity contribution in [2.24, 2.45) is 0 Å². The summed E-state index contributed by atoms with van der Waals surface area (Å²) in [7, 11) is 0. The SMILES string of the molecule is CCC(=O)N(Cc1cccc(C)c1)C(CC)C(=O)NC1CCCCC1. The fourth-order valence-electron chi connectivity index (χ4n) is 3.67. The zero-order valence-corrected chi connectivity index (χ0v) is 15.9. The molecule has 2 amide bonds. The zero-order chi connectivity index (χ0) is 18.2. The van der Waals surface area contributed by atoms with Crippen LogP contribution in [0.2, 0.25) is 0 Å². The van der Waals surface area contributed by atoms with Crippen molar-refractivity contribution in [3.63, 3.8) is 0 Å². The number of rotatable bonds is 7. The first-order chi connectivity index (χ1) is 12.0. The van der Waals surface area contributed by atoms with Crippen LogP contribution in [0.3, 0.4) is 0 Å². The van der Waals surface area contributed by atoms with E-state index in [0.717, 1.165) is 18.4 Å². The minimum atomic E-state index is -0.394. The first kappa shape index (κ1) is 19.5. The zero-order valence-electron chi connectivity index (χ0n) is 15.9. The number of nitrogens with one attached hydrogen (secondary N) is 1. The second kappa shape index (κ2) is 9.59. The lowest BCUT2D eigenvalue weighted by molar-refractivity contribution is -0.141. The molecule has 0 aliphatic heterocycles. The van der Waals surface area contributed by atoms with Crippen molar-refractivity contribution < 1.29 is 9.59 Å². The summed E-state index contributed by atoms with van der Waals surface area (Å²) in [5, 5.41) is 3.19. The van der Waals surface area contributed by atoms with Gasteiger partial charge in [-0.2, -0.15) is 0 Å². The maximum absolute atomic E-state index is 12.9. The Bertz CT molecular complexity index is 579. The van der Waals surface area contributed by atoms with Gasteiger partial charge in [-0.05, 0) is 31.7 Å². The van der Waals surface area contributed by atoms with Crippen LogP contribution in [0.5, 0.6) is 0 Å². The van der Waals surface area contributed by atoms with Gasteiger partial charge in [0.2, 0.25) is 11.8 Å². The largest absolute Gasteiger partial charge is 0.352 e. The van der Waals surface area contributed by atoms with E-state index in [1.165, 1.54) is 24.8 Å². The summed E-state index contributed by atoms with van der Waals surface area (Å²) in [5.74, 6) is 0.0380. The van der Waals surface area contributed by atoms with Crippen molar-refractivity contribution in [3.8, 4) is 0 Å². The van der Waals surface area contributed by atoms with E-state index in [-0.39, 0.29) is 17.9 Å². The van der Waals surface area contributed by atoms with Crippen LogP contribution in [0.1, 0.15) is 69.9 Å². The fourth-order valence-corrected chi connectivity index (χ4v) is 3.67. The van der Waals surface area contributed by atoms with E-state index in [0.29, 0.717) is 19.4 Å². The summed E-state index contributed by atoms with van der Waals surface area (Å²) in [6, 6.07) is 8.03. The topological polar surface area (TPSA) is 49.4 Å². The molecule has 4 heteroatoms. The molecule has 1 fully saturated rings. The van der Waals surface area contributed by atoms with Crippen molar-refractivity contribution in [1.82, 2.24) is 10.2 Å². The van der Waals surface area contributed by atoms with Crippen molar-refractivity contribution in [3.05, 3.63) is 35.4 Å². The minimum Gasteiger partial charge on any atom is -0.352 e. The fraction of sp³-hybridized carbons (Fsp3) is 0.619. The van der Waals surface area contributed by atoms with Gasteiger partial charge in [-0.1, -0.05) is 62.9 Å². The van der Waals surface area contributed by atoms with E-state index in [1.807, 2.05) is 39.0 Å². The van der Waals surface area contributed by atoms with Gasteiger partial charge in [0.15, 0.2) is 0 Å². The Hall–Kier alpha value is -1.84. The van der Waals surface area contributed by atoms with E-state index in [4.69, 9.17) is 0 Å². The smallest absolute Gasteiger partial charge is 0.243 e.